The Morgan fingerprint density at radius 2 is 1.74 bits per heavy atom. The molecule has 1 atom stereocenters. The topological polar surface area (TPSA) is 151 Å². The Hall–Kier alpha value is -5.59. The van der Waals surface area contributed by atoms with Crippen LogP contribution in [-0.2, 0) is 38.9 Å². The van der Waals surface area contributed by atoms with Crippen LogP contribution in [-0.4, -0.2) is 52.2 Å². The van der Waals surface area contributed by atoms with Gasteiger partial charge < -0.3 is 20.7 Å². The highest BCUT2D eigenvalue weighted by molar-refractivity contribution is 7.85. The number of nitrogens with one attached hydrogen (secondary N) is 1. The van der Waals surface area contributed by atoms with Crippen LogP contribution in [0, 0.1) is 6.92 Å². The minimum Gasteiger partial charge on any atom is -0.459 e. The van der Waals surface area contributed by atoms with Gasteiger partial charge in [0.05, 0.1) is 10.3 Å². The van der Waals surface area contributed by atoms with Crippen molar-refractivity contribution in [3.63, 3.8) is 0 Å². The van der Waals surface area contributed by atoms with Crippen LogP contribution in [0.3, 0.4) is 0 Å². The van der Waals surface area contributed by atoms with Gasteiger partial charge in [-0.3, -0.25) is 9.35 Å². The molecule has 0 fully saturated rings. The van der Waals surface area contributed by atoms with Crippen molar-refractivity contribution in [3.8, 4) is 6.01 Å². The molecule has 11 nitrogen and oxygen atoms in total. The van der Waals surface area contributed by atoms with Crippen molar-refractivity contribution in [2.45, 2.75) is 89.7 Å². The maximum absolute atomic E-state index is 13.1. The molecule has 2 aliphatic heterocycles. The summed E-state index contributed by atoms with van der Waals surface area (Å²) < 4.78 is 42.5. The van der Waals surface area contributed by atoms with Gasteiger partial charge in [0.25, 0.3) is 10.1 Å². The zero-order valence-corrected chi connectivity index (χ0v) is 34.4. The summed E-state index contributed by atoms with van der Waals surface area (Å²) in [4.78, 5) is 23.2. The Balaban J connectivity index is 1.15. The molecule has 4 N–H and O–H groups in total. The molecule has 0 radical (unpaired) electrons. The Kier molecular flexibility index (Phi) is 12.2. The number of amides is 1. The quantitative estimate of drug-likeness (QED) is 0.0621. The van der Waals surface area contributed by atoms with Crippen LogP contribution in [0.2, 0.25) is 0 Å². The molecule has 3 aromatic carbocycles. The second kappa shape index (κ2) is 16.9. The molecule has 0 spiro atoms. The molecule has 0 saturated heterocycles. The van der Waals surface area contributed by atoms with E-state index < -0.39 is 15.5 Å². The molecule has 298 valence electrons. The van der Waals surface area contributed by atoms with E-state index in [4.69, 9.17) is 10.5 Å². The maximum atomic E-state index is 13.1. The number of hydrogen-bond donors (Lipinski definition) is 3. The highest BCUT2D eigenvalue weighted by atomic mass is 32.2. The zero-order valence-electron chi connectivity index (χ0n) is 33.6. The van der Waals surface area contributed by atoms with E-state index in [-0.39, 0.29) is 35.3 Å². The van der Waals surface area contributed by atoms with E-state index in [0.717, 1.165) is 34.6 Å². The second-order valence-electron chi connectivity index (χ2n) is 15.3. The molecular formula is C45H53N6O5S+. The average molecular weight is 790 g/mol. The first-order chi connectivity index (χ1) is 27.1. The molecule has 1 unspecified atom stereocenters. The number of likely N-dealkylation sites (N-methyl/N-ethyl adjacent to an activating group) is 1. The predicted octanol–water partition coefficient (Wildman–Crippen LogP) is 7.87. The van der Waals surface area contributed by atoms with Crippen molar-refractivity contribution in [1.29, 1.82) is 0 Å². The van der Waals surface area contributed by atoms with Crippen molar-refractivity contribution in [3.05, 3.63) is 137 Å². The fourth-order valence-corrected chi connectivity index (χ4v) is 8.51. The molecule has 4 aromatic rings. The van der Waals surface area contributed by atoms with Gasteiger partial charge in [0.1, 0.15) is 19.0 Å². The normalized spacial score (nSPS) is 18.2. The minimum absolute atomic E-state index is 0.0802. The van der Waals surface area contributed by atoms with Gasteiger partial charge in [-0.15, -0.1) is 0 Å². The zero-order chi connectivity index (χ0) is 41.0. The Morgan fingerprint density at radius 1 is 0.982 bits per heavy atom. The molecule has 3 heterocycles. The summed E-state index contributed by atoms with van der Waals surface area (Å²) >= 11 is 0. The van der Waals surface area contributed by atoms with E-state index in [1.807, 2.05) is 36.4 Å². The van der Waals surface area contributed by atoms with E-state index in [2.05, 4.69) is 103 Å². The van der Waals surface area contributed by atoms with Crippen LogP contribution in [0.15, 0.2) is 114 Å². The standard InChI is InChI=1S/C45H52N6O5S/c1-7-50-37-22-16-31(3)27-35(37)44(4,5)39(50)13-10-9-11-14-40-45(6,36-28-34(57(53,54)55)21-23-38(36)51(40)8-2)25-12-15-42(52)48-29-32-17-19-33(20-18-32)30-56-43-47-26-24-41(46)49-43/h9-11,13-14,16-24,26-28H,7-8,12,15,25,29-30H2,1-6H3,(H3-,46,47,48,49,52,53,54,55)/p+1. The molecule has 0 bridgehead atoms. The van der Waals surface area contributed by atoms with Gasteiger partial charge in [0.15, 0.2) is 5.71 Å². The first-order valence-corrected chi connectivity index (χ1v) is 20.9. The largest absolute Gasteiger partial charge is 0.459 e. The lowest BCUT2D eigenvalue weighted by Gasteiger charge is -2.30. The van der Waals surface area contributed by atoms with E-state index >= 15 is 0 Å². The number of carbonyl (C=O) groups excluding carboxylic acids is 1. The third-order valence-electron chi connectivity index (χ3n) is 11.0. The fourth-order valence-electron chi connectivity index (χ4n) is 8.00. The number of benzene rings is 3. The summed E-state index contributed by atoms with van der Waals surface area (Å²) in [5, 5.41) is 3.03. The molecule has 1 amide bonds. The number of nitrogens with two attached hydrogens (primary N) is 1. The number of hydrogen-bond acceptors (Lipinski definition) is 8. The maximum Gasteiger partial charge on any atom is 0.318 e. The molecule has 0 saturated carbocycles. The minimum atomic E-state index is -4.42. The predicted molar refractivity (Wildman–Crippen MR) is 226 cm³/mol. The highest BCUT2D eigenvalue weighted by Gasteiger charge is 2.44. The van der Waals surface area contributed by atoms with Crippen molar-refractivity contribution in [1.82, 2.24) is 15.3 Å². The first kappa shape index (κ1) is 41.1. The Bertz CT molecular complexity index is 2380. The third-order valence-corrected chi connectivity index (χ3v) is 11.9. The lowest BCUT2D eigenvalue weighted by Crippen LogP contribution is -2.29. The van der Waals surface area contributed by atoms with Gasteiger partial charge in [0.2, 0.25) is 11.6 Å². The number of aromatic nitrogens is 2. The number of carbonyl (C=O) groups is 1. The van der Waals surface area contributed by atoms with Gasteiger partial charge in [-0.25, -0.2) is 4.98 Å². The first-order valence-electron chi connectivity index (χ1n) is 19.4. The lowest BCUT2D eigenvalue weighted by atomic mass is 9.77. The second-order valence-corrected chi connectivity index (χ2v) is 16.7. The summed E-state index contributed by atoms with van der Waals surface area (Å²) in [5.74, 6) is 0.257. The van der Waals surface area contributed by atoms with Crippen LogP contribution >= 0.6 is 0 Å². The SMILES string of the molecule is CCN1/C(=C/C=C/C=C/C2=[N+](CC)c3ccc(C)cc3C2(C)C)C(C)(CCCC(=O)NCc2ccc(COc3nccc(N)n3)cc2)c2cc(S(=O)(=O)O)ccc21. The number of fused-ring (bicyclic) bond motifs is 2. The third kappa shape index (κ3) is 8.87. The molecule has 2 aliphatic rings. The van der Waals surface area contributed by atoms with Gasteiger partial charge in [-0.05, 0) is 107 Å². The molecule has 12 heteroatoms. The number of rotatable bonds is 15. The molecule has 6 rings (SSSR count). The number of aryl methyl sites for hydroxylation is 1. The van der Waals surface area contributed by atoms with Gasteiger partial charge in [0, 0.05) is 60.2 Å². The summed E-state index contributed by atoms with van der Waals surface area (Å²) in [6.07, 6.45) is 13.4. The molecular weight excluding hydrogens is 737 g/mol. The number of anilines is 2. The lowest BCUT2D eigenvalue weighted by molar-refractivity contribution is -0.433. The average Bonchev–Trinajstić information content (AvgIpc) is 3.54. The van der Waals surface area contributed by atoms with Gasteiger partial charge in [-0.1, -0.05) is 54.1 Å². The molecule has 1 aromatic heterocycles. The molecule has 0 aliphatic carbocycles. The molecule has 57 heavy (non-hydrogen) atoms. The van der Waals surface area contributed by atoms with E-state index in [0.29, 0.717) is 31.7 Å². The fraction of sp³-hybridized carbons (Fsp3) is 0.333. The van der Waals surface area contributed by atoms with E-state index in [1.54, 1.807) is 24.4 Å². The van der Waals surface area contributed by atoms with Crippen LogP contribution in [0.25, 0.3) is 0 Å². The van der Waals surface area contributed by atoms with Crippen molar-refractivity contribution < 1.29 is 27.1 Å². The highest BCUT2D eigenvalue weighted by Crippen LogP contribution is 2.51. The summed E-state index contributed by atoms with van der Waals surface area (Å²) in [6, 6.07) is 21.0. The van der Waals surface area contributed by atoms with Crippen LogP contribution < -0.4 is 20.7 Å². The van der Waals surface area contributed by atoms with Crippen molar-refractivity contribution in [2.24, 2.45) is 0 Å². The Labute approximate surface area is 336 Å². The number of nitrogen functional groups attached to an aromatic ring is 1. The Morgan fingerprint density at radius 3 is 2.44 bits per heavy atom. The monoisotopic (exact) mass is 789 g/mol. The summed E-state index contributed by atoms with van der Waals surface area (Å²) in [6.45, 7) is 15.2. The number of ether oxygens (including phenoxy) is 1. The number of nitrogens with zero attached hydrogens (tertiary/aromatic N) is 4. The van der Waals surface area contributed by atoms with Crippen LogP contribution in [0.1, 0.15) is 81.7 Å². The van der Waals surface area contributed by atoms with Crippen LogP contribution in [0.5, 0.6) is 6.01 Å². The van der Waals surface area contributed by atoms with Crippen LogP contribution in [0.4, 0.5) is 17.2 Å². The summed E-state index contributed by atoms with van der Waals surface area (Å²) in [5.41, 5.74) is 14.5. The van der Waals surface area contributed by atoms with E-state index in [1.165, 1.54) is 28.6 Å². The number of allylic oxidation sites excluding steroid dienone is 6. The summed E-state index contributed by atoms with van der Waals surface area (Å²) in [7, 11) is -4.42. The smallest absolute Gasteiger partial charge is 0.318 e. The van der Waals surface area contributed by atoms with Gasteiger partial charge in [-0.2, -0.15) is 18.0 Å². The van der Waals surface area contributed by atoms with Gasteiger partial charge >= 0.3 is 6.01 Å². The van der Waals surface area contributed by atoms with Crippen molar-refractivity contribution >= 4 is 38.9 Å². The van der Waals surface area contributed by atoms with E-state index in [9.17, 15) is 17.8 Å². The van der Waals surface area contributed by atoms with Crippen molar-refractivity contribution in [2.75, 3.05) is 23.7 Å².